The molecule has 0 aliphatic heterocycles. The Morgan fingerprint density at radius 2 is 2.11 bits per heavy atom. The number of hydrogen-bond acceptors (Lipinski definition) is 8. The van der Waals surface area contributed by atoms with Gasteiger partial charge in [-0.25, -0.2) is 0 Å². The van der Waals surface area contributed by atoms with Gasteiger partial charge in [0.15, 0.2) is 5.69 Å². The molecule has 27 heavy (non-hydrogen) atoms. The van der Waals surface area contributed by atoms with E-state index in [1.165, 1.54) is 0 Å². The standard InChI is InChI=1S/C18H19N5O4/c1-12-13(17(23-27-12)14-5-3-4-8-19-14)11-26-16-7-6-15(21-22-16)18(24)20-9-10-25-2/h3-8H,9-11H2,1-2H3,(H,20,24). The third-order valence-corrected chi connectivity index (χ3v) is 3.72. The number of carbonyl (C=O) groups is 1. The molecule has 3 aromatic heterocycles. The Balaban J connectivity index is 1.64. The largest absolute Gasteiger partial charge is 0.472 e. The van der Waals surface area contributed by atoms with Gasteiger partial charge in [0.1, 0.15) is 18.1 Å². The van der Waals surface area contributed by atoms with Gasteiger partial charge in [-0.2, -0.15) is 0 Å². The molecular weight excluding hydrogens is 350 g/mol. The molecular formula is C18H19N5O4. The van der Waals surface area contributed by atoms with Crippen molar-refractivity contribution < 1.29 is 18.8 Å². The maximum atomic E-state index is 11.9. The zero-order chi connectivity index (χ0) is 19.1. The number of methoxy groups -OCH3 is 1. The van der Waals surface area contributed by atoms with Crippen molar-refractivity contribution in [1.29, 1.82) is 0 Å². The van der Waals surface area contributed by atoms with Gasteiger partial charge >= 0.3 is 0 Å². The fourth-order valence-electron chi connectivity index (χ4n) is 2.29. The van der Waals surface area contributed by atoms with E-state index in [0.717, 1.165) is 5.56 Å². The first-order valence-corrected chi connectivity index (χ1v) is 8.29. The maximum Gasteiger partial charge on any atom is 0.271 e. The smallest absolute Gasteiger partial charge is 0.271 e. The molecule has 0 saturated heterocycles. The Bertz CT molecular complexity index is 881. The lowest BCUT2D eigenvalue weighted by Gasteiger charge is -2.06. The number of ether oxygens (including phenoxy) is 2. The van der Waals surface area contributed by atoms with E-state index >= 15 is 0 Å². The summed E-state index contributed by atoms with van der Waals surface area (Å²) < 4.78 is 15.8. The highest BCUT2D eigenvalue weighted by Crippen LogP contribution is 2.24. The molecule has 0 unspecified atom stereocenters. The van der Waals surface area contributed by atoms with Crippen molar-refractivity contribution in [2.45, 2.75) is 13.5 Å². The minimum absolute atomic E-state index is 0.190. The first-order chi connectivity index (χ1) is 13.2. The number of rotatable bonds is 8. The summed E-state index contributed by atoms with van der Waals surface area (Å²) in [5.74, 6) is 0.604. The van der Waals surface area contributed by atoms with E-state index in [4.69, 9.17) is 14.0 Å². The molecule has 0 fully saturated rings. The van der Waals surface area contributed by atoms with Crippen molar-refractivity contribution in [2.75, 3.05) is 20.3 Å². The zero-order valence-electron chi connectivity index (χ0n) is 15.0. The molecule has 3 heterocycles. The molecule has 0 saturated carbocycles. The third-order valence-electron chi connectivity index (χ3n) is 3.72. The molecule has 0 atom stereocenters. The van der Waals surface area contributed by atoms with Crippen molar-refractivity contribution in [2.24, 2.45) is 0 Å². The van der Waals surface area contributed by atoms with Crippen LogP contribution >= 0.6 is 0 Å². The topological polar surface area (TPSA) is 112 Å². The van der Waals surface area contributed by atoms with Crippen molar-refractivity contribution in [3.05, 3.63) is 53.5 Å². The monoisotopic (exact) mass is 369 g/mol. The fourth-order valence-corrected chi connectivity index (χ4v) is 2.29. The molecule has 3 rings (SSSR count). The van der Waals surface area contributed by atoms with Crippen LogP contribution in [0, 0.1) is 6.92 Å². The number of amides is 1. The predicted octanol–water partition coefficient (Wildman–Crippen LogP) is 1.79. The Morgan fingerprint density at radius 3 is 2.81 bits per heavy atom. The van der Waals surface area contributed by atoms with Crippen LogP contribution in [-0.4, -0.2) is 46.5 Å². The number of hydrogen-bond donors (Lipinski definition) is 1. The highest BCUT2D eigenvalue weighted by Gasteiger charge is 2.16. The third kappa shape index (κ3) is 4.64. The van der Waals surface area contributed by atoms with Crippen LogP contribution in [0.1, 0.15) is 21.8 Å². The van der Waals surface area contributed by atoms with Crippen LogP contribution in [0.5, 0.6) is 5.88 Å². The molecule has 1 amide bonds. The minimum Gasteiger partial charge on any atom is -0.472 e. The van der Waals surface area contributed by atoms with Crippen molar-refractivity contribution in [3.8, 4) is 17.3 Å². The Kier molecular flexibility index (Phi) is 6.06. The van der Waals surface area contributed by atoms with Gasteiger partial charge in [0, 0.05) is 25.9 Å². The fraction of sp³-hybridized carbons (Fsp3) is 0.278. The first-order valence-electron chi connectivity index (χ1n) is 8.29. The Hall–Kier alpha value is -3.33. The molecule has 140 valence electrons. The summed E-state index contributed by atoms with van der Waals surface area (Å²) in [5, 5.41) is 14.5. The highest BCUT2D eigenvalue weighted by atomic mass is 16.5. The van der Waals surface area contributed by atoms with Gasteiger partial charge in [-0.1, -0.05) is 11.2 Å². The Morgan fingerprint density at radius 1 is 1.22 bits per heavy atom. The van der Waals surface area contributed by atoms with Crippen LogP contribution in [0.4, 0.5) is 0 Å². The van der Waals surface area contributed by atoms with E-state index in [2.05, 4.69) is 25.7 Å². The van der Waals surface area contributed by atoms with Gasteiger partial charge in [-0.15, -0.1) is 10.2 Å². The van der Waals surface area contributed by atoms with Crippen LogP contribution in [0.25, 0.3) is 11.4 Å². The molecule has 0 aromatic carbocycles. The average molecular weight is 369 g/mol. The van der Waals surface area contributed by atoms with Crippen molar-refractivity contribution in [1.82, 2.24) is 25.7 Å². The van der Waals surface area contributed by atoms with Gasteiger partial charge < -0.3 is 19.3 Å². The number of aryl methyl sites for hydroxylation is 1. The summed E-state index contributed by atoms with van der Waals surface area (Å²) in [7, 11) is 1.56. The van der Waals surface area contributed by atoms with Gasteiger partial charge in [0.25, 0.3) is 5.91 Å². The molecule has 9 nitrogen and oxygen atoms in total. The number of nitrogens with one attached hydrogen (secondary N) is 1. The van der Waals surface area contributed by atoms with E-state index in [9.17, 15) is 4.79 Å². The van der Waals surface area contributed by atoms with E-state index in [0.29, 0.717) is 30.3 Å². The second kappa shape index (κ2) is 8.86. The van der Waals surface area contributed by atoms with Crippen LogP contribution in [0.2, 0.25) is 0 Å². The number of nitrogens with zero attached hydrogens (tertiary/aromatic N) is 4. The van der Waals surface area contributed by atoms with Crippen molar-refractivity contribution >= 4 is 5.91 Å². The molecule has 9 heteroatoms. The lowest BCUT2D eigenvalue weighted by atomic mass is 10.1. The van der Waals surface area contributed by atoms with Gasteiger partial charge in [-0.05, 0) is 25.1 Å². The van der Waals surface area contributed by atoms with Gasteiger partial charge in [0.2, 0.25) is 5.88 Å². The molecule has 1 N–H and O–H groups in total. The molecule has 0 radical (unpaired) electrons. The van der Waals surface area contributed by atoms with Crippen LogP contribution < -0.4 is 10.1 Å². The molecule has 0 aliphatic rings. The molecule has 3 aromatic rings. The number of aromatic nitrogens is 4. The van der Waals surface area contributed by atoms with Crippen molar-refractivity contribution in [3.63, 3.8) is 0 Å². The number of pyridine rings is 1. The predicted molar refractivity (Wildman–Crippen MR) is 95.0 cm³/mol. The van der Waals surface area contributed by atoms with Gasteiger partial charge in [0.05, 0.1) is 17.9 Å². The van der Waals surface area contributed by atoms with Crippen LogP contribution in [-0.2, 0) is 11.3 Å². The normalized spacial score (nSPS) is 10.6. The SMILES string of the molecule is COCCNC(=O)c1ccc(OCc2c(-c3ccccn3)noc2C)nn1. The number of carbonyl (C=O) groups excluding carboxylic acids is 1. The van der Waals surface area contributed by atoms with E-state index in [-0.39, 0.29) is 24.1 Å². The average Bonchev–Trinajstić information content (AvgIpc) is 3.08. The minimum atomic E-state index is -0.321. The van der Waals surface area contributed by atoms with Gasteiger partial charge in [-0.3, -0.25) is 9.78 Å². The van der Waals surface area contributed by atoms with E-state index in [1.807, 2.05) is 18.2 Å². The van der Waals surface area contributed by atoms with E-state index < -0.39 is 0 Å². The summed E-state index contributed by atoms with van der Waals surface area (Å²) in [6.07, 6.45) is 1.69. The summed E-state index contributed by atoms with van der Waals surface area (Å²) in [4.78, 5) is 16.2. The zero-order valence-corrected chi connectivity index (χ0v) is 15.0. The summed E-state index contributed by atoms with van der Waals surface area (Å²) in [6.45, 7) is 2.82. The molecule has 0 bridgehead atoms. The van der Waals surface area contributed by atoms with E-state index in [1.54, 1.807) is 32.4 Å². The lowest BCUT2D eigenvalue weighted by molar-refractivity contribution is 0.0930. The lowest BCUT2D eigenvalue weighted by Crippen LogP contribution is -2.27. The summed E-state index contributed by atoms with van der Waals surface area (Å²) >= 11 is 0. The summed E-state index contributed by atoms with van der Waals surface area (Å²) in [5.41, 5.74) is 2.29. The van der Waals surface area contributed by atoms with Crippen LogP contribution in [0.3, 0.4) is 0 Å². The maximum absolute atomic E-state index is 11.9. The molecule has 0 spiro atoms. The second-order valence-corrected chi connectivity index (χ2v) is 5.58. The first kappa shape index (κ1) is 18.5. The highest BCUT2D eigenvalue weighted by molar-refractivity contribution is 5.92. The van der Waals surface area contributed by atoms with Crippen LogP contribution in [0.15, 0.2) is 41.1 Å². The molecule has 0 aliphatic carbocycles. The second-order valence-electron chi connectivity index (χ2n) is 5.58. The Labute approximate surface area is 155 Å². The summed E-state index contributed by atoms with van der Waals surface area (Å²) in [6, 6.07) is 8.68. The quantitative estimate of drug-likeness (QED) is 0.598.